The molecule has 2 aromatic rings. The van der Waals surface area contributed by atoms with Crippen molar-refractivity contribution in [3.63, 3.8) is 0 Å². The number of rotatable bonds is 4. The summed E-state index contributed by atoms with van der Waals surface area (Å²) in [7, 11) is 0. The molecule has 9 heteroatoms. The summed E-state index contributed by atoms with van der Waals surface area (Å²) in [5.41, 5.74) is 1.04. The lowest BCUT2D eigenvalue weighted by Gasteiger charge is -2.31. The highest BCUT2D eigenvalue weighted by Crippen LogP contribution is 2.30. The van der Waals surface area contributed by atoms with E-state index in [2.05, 4.69) is 9.97 Å². The number of oxazole rings is 1. The Labute approximate surface area is 180 Å². The second kappa shape index (κ2) is 9.18. The zero-order valence-corrected chi connectivity index (χ0v) is 18.1. The van der Waals surface area contributed by atoms with Gasteiger partial charge >= 0.3 is 0 Å². The van der Waals surface area contributed by atoms with E-state index in [0.717, 1.165) is 17.9 Å². The third-order valence-corrected chi connectivity index (χ3v) is 6.35. The number of nitrogens with zero attached hydrogens (tertiary/aromatic N) is 4. The Morgan fingerprint density at radius 2 is 1.80 bits per heavy atom. The van der Waals surface area contributed by atoms with Gasteiger partial charge in [-0.25, -0.2) is 9.97 Å². The molecule has 0 saturated carbocycles. The number of aryl methyl sites for hydroxylation is 1. The predicted molar refractivity (Wildman–Crippen MR) is 112 cm³/mol. The second-order valence-corrected chi connectivity index (χ2v) is 8.28. The number of aromatic nitrogens is 2. The van der Waals surface area contributed by atoms with Crippen molar-refractivity contribution in [3.05, 3.63) is 41.2 Å². The molecule has 2 aliphatic heterocycles. The number of hydrogen-bond donors (Lipinski definition) is 0. The van der Waals surface area contributed by atoms with Crippen LogP contribution in [0.1, 0.15) is 51.3 Å². The summed E-state index contributed by atoms with van der Waals surface area (Å²) >= 11 is 1.48. The first kappa shape index (κ1) is 20.9. The van der Waals surface area contributed by atoms with Gasteiger partial charge in [0, 0.05) is 38.3 Å². The van der Waals surface area contributed by atoms with E-state index in [1.54, 1.807) is 24.1 Å². The Morgan fingerprint density at radius 3 is 2.50 bits per heavy atom. The number of thioether (sulfide) groups is 1. The molecule has 4 heterocycles. The van der Waals surface area contributed by atoms with Crippen molar-refractivity contribution >= 4 is 23.6 Å². The van der Waals surface area contributed by atoms with E-state index in [4.69, 9.17) is 9.15 Å². The maximum atomic E-state index is 12.9. The molecule has 2 aliphatic rings. The number of morpholine rings is 1. The standard InChI is InChI=1S/C21H26N4O4S/c1-14-17(21(27)25-10-12-28-13-11-25)23-18(29-14)15-5-8-24(9-6-15)20(26)16-4-3-7-22-19(16)30-2/h3-4,7,15H,5-6,8-13H2,1-2H3. The molecule has 160 valence electrons. The minimum atomic E-state index is -0.0976. The van der Waals surface area contributed by atoms with Gasteiger partial charge in [-0.05, 0) is 38.2 Å². The predicted octanol–water partition coefficient (Wildman–Crippen LogP) is 2.59. The monoisotopic (exact) mass is 430 g/mol. The molecule has 0 atom stereocenters. The van der Waals surface area contributed by atoms with Crippen LogP contribution in [-0.4, -0.2) is 77.2 Å². The largest absolute Gasteiger partial charge is 0.445 e. The quantitative estimate of drug-likeness (QED) is 0.689. The van der Waals surface area contributed by atoms with E-state index >= 15 is 0 Å². The number of ether oxygens (including phenoxy) is 1. The average molecular weight is 431 g/mol. The number of carbonyl (C=O) groups excluding carboxylic acids is 2. The van der Waals surface area contributed by atoms with Crippen LogP contribution in [0.5, 0.6) is 0 Å². The number of likely N-dealkylation sites (tertiary alicyclic amines) is 1. The van der Waals surface area contributed by atoms with Gasteiger partial charge in [0.05, 0.1) is 18.8 Å². The summed E-state index contributed by atoms with van der Waals surface area (Å²) in [5.74, 6) is 1.17. The molecular formula is C21H26N4O4S. The Hall–Kier alpha value is -2.39. The van der Waals surface area contributed by atoms with E-state index in [0.29, 0.717) is 62.3 Å². The lowest BCUT2D eigenvalue weighted by molar-refractivity contribution is 0.0298. The van der Waals surface area contributed by atoms with Gasteiger partial charge in [-0.1, -0.05) is 0 Å². The maximum absolute atomic E-state index is 12.9. The van der Waals surface area contributed by atoms with Gasteiger partial charge in [-0.3, -0.25) is 9.59 Å². The molecule has 8 nitrogen and oxygen atoms in total. The zero-order chi connectivity index (χ0) is 21.1. The Morgan fingerprint density at radius 1 is 1.10 bits per heavy atom. The van der Waals surface area contributed by atoms with E-state index in [9.17, 15) is 9.59 Å². The average Bonchev–Trinajstić information content (AvgIpc) is 3.20. The SMILES string of the molecule is CSc1ncccc1C(=O)N1CCC(c2nc(C(=O)N3CCOCC3)c(C)o2)CC1. The Balaban J connectivity index is 1.41. The summed E-state index contributed by atoms with van der Waals surface area (Å²) in [6, 6.07) is 3.62. The van der Waals surface area contributed by atoms with Crippen LogP contribution < -0.4 is 0 Å². The van der Waals surface area contributed by atoms with Crippen molar-refractivity contribution in [1.29, 1.82) is 0 Å². The molecule has 2 amide bonds. The number of pyridine rings is 1. The highest BCUT2D eigenvalue weighted by atomic mass is 32.2. The summed E-state index contributed by atoms with van der Waals surface area (Å²) in [6.07, 6.45) is 5.14. The Kier molecular flexibility index (Phi) is 6.38. The van der Waals surface area contributed by atoms with Crippen LogP contribution in [0.2, 0.25) is 0 Å². The van der Waals surface area contributed by atoms with E-state index in [-0.39, 0.29) is 17.7 Å². The summed E-state index contributed by atoms with van der Waals surface area (Å²) < 4.78 is 11.2. The maximum Gasteiger partial charge on any atom is 0.276 e. The first-order valence-corrected chi connectivity index (χ1v) is 11.4. The number of amides is 2. The van der Waals surface area contributed by atoms with Gasteiger partial charge in [0.1, 0.15) is 10.8 Å². The molecule has 2 aromatic heterocycles. The highest BCUT2D eigenvalue weighted by molar-refractivity contribution is 7.98. The van der Waals surface area contributed by atoms with E-state index < -0.39 is 0 Å². The van der Waals surface area contributed by atoms with Crippen molar-refractivity contribution in [2.24, 2.45) is 0 Å². The van der Waals surface area contributed by atoms with Crippen molar-refractivity contribution < 1.29 is 18.7 Å². The van der Waals surface area contributed by atoms with E-state index in [1.807, 2.05) is 17.2 Å². The van der Waals surface area contributed by atoms with Gasteiger partial charge in [-0.2, -0.15) is 0 Å². The van der Waals surface area contributed by atoms with Crippen molar-refractivity contribution in [2.75, 3.05) is 45.6 Å². The fraction of sp³-hybridized carbons (Fsp3) is 0.524. The highest BCUT2D eigenvalue weighted by Gasteiger charge is 2.31. The lowest BCUT2D eigenvalue weighted by atomic mass is 9.96. The fourth-order valence-electron chi connectivity index (χ4n) is 3.92. The van der Waals surface area contributed by atoms with Gasteiger partial charge in [0.25, 0.3) is 11.8 Å². The minimum Gasteiger partial charge on any atom is -0.445 e. The van der Waals surface area contributed by atoms with Crippen LogP contribution in [0.15, 0.2) is 27.8 Å². The minimum absolute atomic E-state index is 0.0117. The molecule has 4 rings (SSSR count). The fourth-order valence-corrected chi connectivity index (χ4v) is 4.46. The van der Waals surface area contributed by atoms with Gasteiger partial charge in [0.15, 0.2) is 11.6 Å². The van der Waals surface area contributed by atoms with Gasteiger partial charge < -0.3 is 19.0 Å². The molecule has 0 aromatic carbocycles. The first-order chi connectivity index (χ1) is 14.6. The van der Waals surface area contributed by atoms with Crippen LogP contribution in [-0.2, 0) is 4.74 Å². The van der Waals surface area contributed by atoms with E-state index in [1.165, 1.54) is 11.8 Å². The van der Waals surface area contributed by atoms with Crippen LogP contribution >= 0.6 is 11.8 Å². The molecule has 0 N–H and O–H groups in total. The van der Waals surface area contributed by atoms with Crippen molar-refractivity contribution in [1.82, 2.24) is 19.8 Å². The van der Waals surface area contributed by atoms with Crippen LogP contribution in [0.25, 0.3) is 0 Å². The molecule has 2 fully saturated rings. The molecular weight excluding hydrogens is 404 g/mol. The number of carbonyl (C=O) groups is 2. The molecule has 2 saturated heterocycles. The first-order valence-electron chi connectivity index (χ1n) is 10.2. The van der Waals surface area contributed by atoms with Crippen LogP contribution in [0, 0.1) is 6.92 Å². The molecule has 0 unspecified atom stereocenters. The lowest BCUT2D eigenvalue weighted by Crippen LogP contribution is -2.41. The third-order valence-electron chi connectivity index (χ3n) is 5.64. The molecule has 0 aliphatic carbocycles. The molecule has 30 heavy (non-hydrogen) atoms. The van der Waals surface area contributed by atoms with Crippen LogP contribution in [0.4, 0.5) is 0 Å². The Bertz CT molecular complexity index is 917. The topological polar surface area (TPSA) is 88.8 Å². The van der Waals surface area contributed by atoms with Gasteiger partial charge in [-0.15, -0.1) is 11.8 Å². The summed E-state index contributed by atoms with van der Waals surface area (Å²) in [4.78, 5) is 38.1. The van der Waals surface area contributed by atoms with Crippen molar-refractivity contribution in [2.45, 2.75) is 30.7 Å². The number of piperidine rings is 1. The molecule has 0 spiro atoms. The van der Waals surface area contributed by atoms with Crippen molar-refractivity contribution in [3.8, 4) is 0 Å². The summed E-state index contributed by atoms with van der Waals surface area (Å²) in [6.45, 7) is 5.30. The van der Waals surface area contributed by atoms with Crippen LogP contribution in [0.3, 0.4) is 0 Å². The summed E-state index contributed by atoms with van der Waals surface area (Å²) in [5, 5.41) is 0.749. The molecule has 0 radical (unpaired) electrons. The molecule has 0 bridgehead atoms. The second-order valence-electron chi connectivity index (χ2n) is 7.49. The zero-order valence-electron chi connectivity index (χ0n) is 17.3. The van der Waals surface area contributed by atoms with Gasteiger partial charge in [0.2, 0.25) is 0 Å². The normalized spacial score (nSPS) is 17.9. The third kappa shape index (κ3) is 4.22. The smallest absolute Gasteiger partial charge is 0.276 e. The number of hydrogen-bond acceptors (Lipinski definition) is 7.